The number of hydrogen-bond acceptors (Lipinski definition) is 4. The summed E-state index contributed by atoms with van der Waals surface area (Å²) >= 11 is 0. The zero-order valence-corrected chi connectivity index (χ0v) is 14.3. The van der Waals surface area contributed by atoms with Gasteiger partial charge in [0.25, 0.3) is 5.92 Å². The van der Waals surface area contributed by atoms with Crippen LogP contribution in [0, 0.1) is 0 Å². The highest BCUT2D eigenvalue weighted by Gasteiger charge is 2.49. The number of para-hydroxylation sites is 1. The Labute approximate surface area is 146 Å². The number of aliphatic hydroxyl groups is 1. The summed E-state index contributed by atoms with van der Waals surface area (Å²) < 4.78 is 32.4. The first kappa shape index (κ1) is 18.1. The Bertz CT molecular complexity index is 620. The number of amides is 1. The number of ether oxygens (including phenoxy) is 1. The van der Waals surface area contributed by atoms with E-state index >= 15 is 0 Å². The second kappa shape index (κ2) is 7.25. The molecule has 1 aromatic rings. The van der Waals surface area contributed by atoms with Crippen LogP contribution in [0.3, 0.4) is 0 Å². The fraction of sp³-hybridized carbons (Fsp3) is 0.611. The van der Waals surface area contributed by atoms with Crippen molar-refractivity contribution in [3.8, 4) is 5.75 Å². The molecule has 0 spiro atoms. The van der Waals surface area contributed by atoms with Gasteiger partial charge in [0.05, 0.1) is 20.3 Å². The fourth-order valence-corrected chi connectivity index (χ4v) is 3.70. The van der Waals surface area contributed by atoms with Crippen LogP contribution in [0.25, 0.3) is 0 Å². The van der Waals surface area contributed by atoms with Crippen molar-refractivity contribution >= 4 is 5.91 Å². The number of carbonyl (C=O) groups excluding carboxylic acids is 1. The van der Waals surface area contributed by atoms with Gasteiger partial charge in [-0.3, -0.25) is 9.69 Å². The van der Waals surface area contributed by atoms with Gasteiger partial charge in [-0.05, 0) is 18.1 Å². The summed E-state index contributed by atoms with van der Waals surface area (Å²) in [5, 5.41) is 9.30. The van der Waals surface area contributed by atoms with Gasteiger partial charge in [-0.2, -0.15) is 0 Å². The third-order valence-corrected chi connectivity index (χ3v) is 5.11. The SMILES string of the molecule is COc1ccccc1CCC(=O)N1CC(N2CC(F)(F)C[C@H]2CO)C1. The van der Waals surface area contributed by atoms with Crippen molar-refractivity contribution in [2.45, 2.75) is 37.3 Å². The van der Waals surface area contributed by atoms with Gasteiger partial charge in [0.1, 0.15) is 5.75 Å². The summed E-state index contributed by atoms with van der Waals surface area (Å²) in [5.74, 6) is -1.96. The highest BCUT2D eigenvalue weighted by atomic mass is 19.3. The van der Waals surface area contributed by atoms with Crippen LogP contribution in [-0.2, 0) is 11.2 Å². The number of halogens is 2. The molecule has 0 radical (unpaired) electrons. The van der Waals surface area contributed by atoms with Crippen LogP contribution in [0.5, 0.6) is 5.75 Å². The summed E-state index contributed by atoms with van der Waals surface area (Å²) in [5.41, 5.74) is 0.981. The second-order valence-electron chi connectivity index (χ2n) is 6.83. The summed E-state index contributed by atoms with van der Waals surface area (Å²) in [6.07, 6.45) is 0.652. The minimum atomic E-state index is -2.75. The summed E-state index contributed by atoms with van der Waals surface area (Å²) in [4.78, 5) is 15.7. The van der Waals surface area contributed by atoms with Crippen molar-refractivity contribution in [3.05, 3.63) is 29.8 Å². The number of aryl methyl sites for hydroxylation is 1. The Kier molecular flexibility index (Phi) is 5.24. The lowest BCUT2D eigenvalue weighted by molar-refractivity contribution is -0.139. The first-order valence-corrected chi connectivity index (χ1v) is 8.57. The van der Waals surface area contributed by atoms with E-state index in [9.17, 15) is 18.7 Å². The summed E-state index contributed by atoms with van der Waals surface area (Å²) in [7, 11) is 1.60. The van der Waals surface area contributed by atoms with E-state index in [0.29, 0.717) is 25.9 Å². The molecular weight excluding hydrogens is 330 g/mol. The first-order valence-electron chi connectivity index (χ1n) is 8.57. The lowest BCUT2D eigenvalue weighted by Gasteiger charge is -2.45. The number of nitrogens with zero attached hydrogens (tertiary/aromatic N) is 2. The van der Waals surface area contributed by atoms with E-state index in [-0.39, 0.29) is 31.5 Å². The van der Waals surface area contributed by atoms with Crippen LogP contribution < -0.4 is 4.74 Å². The third kappa shape index (κ3) is 3.93. The van der Waals surface area contributed by atoms with Crippen molar-refractivity contribution in [2.24, 2.45) is 0 Å². The monoisotopic (exact) mass is 354 g/mol. The summed E-state index contributed by atoms with van der Waals surface area (Å²) in [6.45, 7) is 0.314. The Hall–Kier alpha value is -1.73. The number of benzene rings is 1. The fourth-order valence-electron chi connectivity index (χ4n) is 3.70. The van der Waals surface area contributed by atoms with E-state index in [1.165, 1.54) is 0 Å². The summed E-state index contributed by atoms with van der Waals surface area (Å²) in [6, 6.07) is 7.00. The molecule has 2 fully saturated rings. The topological polar surface area (TPSA) is 53.0 Å². The maximum Gasteiger partial charge on any atom is 0.262 e. The zero-order chi connectivity index (χ0) is 18.0. The van der Waals surface area contributed by atoms with Crippen LogP contribution in [0.1, 0.15) is 18.4 Å². The molecule has 1 atom stereocenters. The van der Waals surface area contributed by atoms with Crippen molar-refractivity contribution in [1.29, 1.82) is 0 Å². The molecule has 25 heavy (non-hydrogen) atoms. The molecule has 2 heterocycles. The van der Waals surface area contributed by atoms with E-state index in [0.717, 1.165) is 11.3 Å². The van der Waals surface area contributed by atoms with E-state index in [4.69, 9.17) is 4.74 Å². The molecule has 2 saturated heterocycles. The third-order valence-electron chi connectivity index (χ3n) is 5.11. The average molecular weight is 354 g/mol. The van der Waals surface area contributed by atoms with Gasteiger partial charge in [0.15, 0.2) is 0 Å². The zero-order valence-electron chi connectivity index (χ0n) is 14.3. The molecule has 138 valence electrons. The van der Waals surface area contributed by atoms with Gasteiger partial charge in [0.2, 0.25) is 5.91 Å². The van der Waals surface area contributed by atoms with Gasteiger partial charge >= 0.3 is 0 Å². The molecule has 1 aromatic carbocycles. The molecule has 0 aromatic heterocycles. The van der Waals surface area contributed by atoms with E-state index < -0.39 is 12.0 Å². The standard InChI is InChI=1S/C18H24F2N2O3/c1-25-16-5-3-2-4-13(16)6-7-17(24)21-9-15(10-21)22-12-18(19,20)8-14(22)11-23/h2-5,14-15,23H,6-12H2,1H3/t14-/m0/s1. The van der Waals surface area contributed by atoms with Crippen molar-refractivity contribution in [3.63, 3.8) is 0 Å². The molecule has 2 aliphatic heterocycles. The first-order chi connectivity index (χ1) is 11.9. The number of carbonyl (C=O) groups is 1. The van der Waals surface area contributed by atoms with E-state index in [1.54, 1.807) is 16.9 Å². The Morgan fingerprint density at radius 3 is 2.76 bits per heavy atom. The number of methoxy groups -OCH3 is 1. The van der Waals surface area contributed by atoms with Crippen LogP contribution in [0.2, 0.25) is 0 Å². The highest BCUT2D eigenvalue weighted by molar-refractivity contribution is 5.77. The van der Waals surface area contributed by atoms with Gasteiger partial charge in [0, 0.05) is 38.0 Å². The van der Waals surface area contributed by atoms with Crippen molar-refractivity contribution in [1.82, 2.24) is 9.80 Å². The van der Waals surface area contributed by atoms with Crippen molar-refractivity contribution < 1.29 is 23.4 Å². The lowest BCUT2D eigenvalue weighted by atomic mass is 10.0. The smallest absolute Gasteiger partial charge is 0.262 e. The number of rotatable bonds is 6. The number of aliphatic hydroxyl groups excluding tert-OH is 1. The Morgan fingerprint density at radius 1 is 1.36 bits per heavy atom. The molecule has 0 bridgehead atoms. The normalized spacial score (nSPS) is 23.5. The molecular formula is C18H24F2N2O3. The van der Waals surface area contributed by atoms with Crippen molar-refractivity contribution in [2.75, 3.05) is 33.4 Å². The molecule has 0 saturated carbocycles. The van der Waals surface area contributed by atoms with E-state index in [1.807, 2.05) is 24.3 Å². The Balaban J connectivity index is 1.48. The maximum atomic E-state index is 13.5. The van der Waals surface area contributed by atoms with Crippen LogP contribution in [0.15, 0.2) is 24.3 Å². The largest absolute Gasteiger partial charge is 0.496 e. The molecule has 0 unspecified atom stereocenters. The maximum absolute atomic E-state index is 13.5. The molecule has 7 heteroatoms. The molecule has 3 rings (SSSR count). The lowest BCUT2D eigenvalue weighted by Crippen LogP contribution is -2.62. The molecule has 2 aliphatic rings. The minimum Gasteiger partial charge on any atom is -0.496 e. The van der Waals surface area contributed by atoms with Gasteiger partial charge in [-0.1, -0.05) is 18.2 Å². The van der Waals surface area contributed by atoms with Crippen LogP contribution in [-0.4, -0.2) is 72.2 Å². The number of likely N-dealkylation sites (tertiary alicyclic amines) is 2. The molecule has 0 aliphatic carbocycles. The molecule has 1 N–H and O–H groups in total. The van der Waals surface area contributed by atoms with E-state index in [2.05, 4.69) is 0 Å². The van der Waals surface area contributed by atoms with Gasteiger partial charge in [-0.15, -0.1) is 0 Å². The minimum absolute atomic E-state index is 0.0219. The predicted octanol–water partition coefficient (Wildman–Crippen LogP) is 1.54. The van der Waals surface area contributed by atoms with Crippen LogP contribution in [0.4, 0.5) is 8.78 Å². The highest BCUT2D eigenvalue weighted by Crippen LogP contribution is 2.35. The quantitative estimate of drug-likeness (QED) is 0.842. The van der Waals surface area contributed by atoms with Gasteiger partial charge < -0.3 is 14.7 Å². The molecule has 1 amide bonds. The number of hydrogen-bond donors (Lipinski definition) is 1. The predicted molar refractivity (Wildman–Crippen MR) is 88.8 cm³/mol. The Morgan fingerprint density at radius 2 is 2.08 bits per heavy atom. The average Bonchev–Trinajstić information content (AvgIpc) is 2.86. The van der Waals surface area contributed by atoms with Crippen LogP contribution >= 0.6 is 0 Å². The number of alkyl halides is 2. The molecule has 5 nitrogen and oxygen atoms in total. The second-order valence-corrected chi connectivity index (χ2v) is 6.83. The van der Waals surface area contributed by atoms with Gasteiger partial charge in [-0.25, -0.2) is 8.78 Å².